The van der Waals surface area contributed by atoms with Crippen LogP contribution in [0.3, 0.4) is 0 Å². The average molecular weight is 337 g/mol. The van der Waals surface area contributed by atoms with Gasteiger partial charge >= 0.3 is 0 Å². The number of halogens is 1. The Bertz CT molecular complexity index is 605. The summed E-state index contributed by atoms with van der Waals surface area (Å²) >= 11 is 3.45. The van der Waals surface area contributed by atoms with Crippen LogP contribution < -0.4 is 4.90 Å². The minimum Gasteiger partial charge on any atom is -0.356 e. The molecule has 0 aliphatic carbocycles. The zero-order valence-corrected chi connectivity index (χ0v) is 13.2. The molecule has 6 heteroatoms. The molecule has 5 nitrogen and oxygen atoms in total. The second-order valence-electron chi connectivity index (χ2n) is 5.23. The number of aryl methyl sites for hydroxylation is 2. The van der Waals surface area contributed by atoms with Crippen molar-refractivity contribution in [2.45, 2.75) is 32.6 Å². The summed E-state index contributed by atoms with van der Waals surface area (Å²) in [4.78, 5) is 11.2. The summed E-state index contributed by atoms with van der Waals surface area (Å²) in [5.74, 6) is 2.98. The van der Waals surface area contributed by atoms with Crippen molar-refractivity contribution in [3.05, 3.63) is 34.0 Å². The summed E-state index contributed by atoms with van der Waals surface area (Å²) < 4.78 is 6.09. The number of pyridine rings is 1. The summed E-state index contributed by atoms with van der Waals surface area (Å²) in [6, 6.07) is 2.11. The quantitative estimate of drug-likeness (QED) is 0.842. The lowest BCUT2D eigenvalue weighted by molar-refractivity contribution is 0.375. The van der Waals surface area contributed by atoms with Crippen LogP contribution in [0.2, 0.25) is 0 Å². The predicted molar refractivity (Wildman–Crippen MR) is 79.9 cm³/mol. The fourth-order valence-corrected chi connectivity index (χ4v) is 3.14. The van der Waals surface area contributed by atoms with Crippen LogP contribution in [0.5, 0.6) is 0 Å². The number of piperidine rings is 1. The highest BCUT2D eigenvalue weighted by Crippen LogP contribution is 2.30. The third-order valence-corrected chi connectivity index (χ3v) is 4.15. The molecule has 1 aliphatic heterocycles. The molecule has 0 bridgehead atoms. The van der Waals surface area contributed by atoms with Crippen molar-refractivity contribution < 1.29 is 4.52 Å². The lowest BCUT2D eigenvalue weighted by atomic mass is 9.96. The van der Waals surface area contributed by atoms with Crippen molar-refractivity contribution >= 4 is 21.7 Å². The monoisotopic (exact) mass is 336 g/mol. The maximum Gasteiger partial charge on any atom is 0.223 e. The molecule has 106 valence electrons. The Hall–Kier alpha value is -1.43. The maximum atomic E-state index is 5.07. The first-order valence-electron chi connectivity index (χ1n) is 6.81. The first-order valence-corrected chi connectivity index (χ1v) is 7.60. The van der Waals surface area contributed by atoms with Crippen molar-refractivity contribution in [2.75, 3.05) is 18.0 Å². The van der Waals surface area contributed by atoms with Gasteiger partial charge in [-0.05, 0) is 47.3 Å². The molecular formula is C14H17BrN4O. The van der Waals surface area contributed by atoms with Crippen LogP contribution in [-0.2, 0) is 0 Å². The van der Waals surface area contributed by atoms with Gasteiger partial charge in [-0.25, -0.2) is 4.98 Å². The van der Waals surface area contributed by atoms with Gasteiger partial charge in [-0.3, -0.25) is 0 Å². The molecule has 1 fully saturated rings. The van der Waals surface area contributed by atoms with Gasteiger partial charge < -0.3 is 9.42 Å². The Morgan fingerprint density at radius 2 is 2.05 bits per heavy atom. The van der Waals surface area contributed by atoms with Crippen LogP contribution in [0.15, 0.2) is 21.3 Å². The number of rotatable bonds is 2. The van der Waals surface area contributed by atoms with Crippen LogP contribution in [0.1, 0.15) is 36.0 Å². The van der Waals surface area contributed by atoms with Crippen LogP contribution in [0, 0.1) is 13.8 Å². The average Bonchev–Trinajstić information content (AvgIpc) is 2.86. The van der Waals surface area contributed by atoms with E-state index in [-0.39, 0.29) is 0 Å². The summed E-state index contributed by atoms with van der Waals surface area (Å²) in [5.41, 5.74) is 1.20. The minimum absolute atomic E-state index is 0.402. The summed E-state index contributed by atoms with van der Waals surface area (Å²) in [5, 5.41) is 4.04. The summed E-state index contributed by atoms with van der Waals surface area (Å²) in [6.07, 6.45) is 3.93. The molecule has 0 spiro atoms. The smallest absolute Gasteiger partial charge is 0.223 e. The Balaban J connectivity index is 1.69. The minimum atomic E-state index is 0.402. The number of hydrogen-bond donors (Lipinski definition) is 0. The molecule has 2 aromatic heterocycles. The molecule has 0 amide bonds. The van der Waals surface area contributed by atoms with Gasteiger partial charge in [-0.15, -0.1) is 0 Å². The first-order chi connectivity index (χ1) is 9.63. The Morgan fingerprint density at radius 1 is 1.30 bits per heavy atom. The number of anilines is 1. The molecule has 0 N–H and O–H groups in total. The number of hydrogen-bond acceptors (Lipinski definition) is 5. The number of aromatic nitrogens is 3. The standard InChI is InChI=1S/C14H17BrN4O/c1-9-7-12(15)8-16-14(9)19-5-3-11(4-6-19)13-17-10(2)20-18-13/h7-8,11H,3-6H2,1-2H3. The molecule has 0 unspecified atom stereocenters. The van der Waals surface area contributed by atoms with E-state index in [0.717, 1.165) is 42.0 Å². The summed E-state index contributed by atoms with van der Waals surface area (Å²) in [7, 11) is 0. The van der Waals surface area contributed by atoms with Crippen molar-refractivity contribution in [3.63, 3.8) is 0 Å². The van der Waals surface area contributed by atoms with E-state index >= 15 is 0 Å². The Morgan fingerprint density at radius 3 is 2.65 bits per heavy atom. The zero-order chi connectivity index (χ0) is 14.1. The van der Waals surface area contributed by atoms with Crippen LogP contribution in [0.4, 0.5) is 5.82 Å². The van der Waals surface area contributed by atoms with Gasteiger partial charge in [0.1, 0.15) is 5.82 Å². The zero-order valence-electron chi connectivity index (χ0n) is 11.6. The van der Waals surface area contributed by atoms with Gasteiger partial charge in [0, 0.05) is 36.6 Å². The van der Waals surface area contributed by atoms with E-state index < -0.39 is 0 Å². The largest absolute Gasteiger partial charge is 0.356 e. The van der Waals surface area contributed by atoms with E-state index in [2.05, 4.69) is 48.9 Å². The Labute approximate surface area is 126 Å². The van der Waals surface area contributed by atoms with Crippen LogP contribution in [-0.4, -0.2) is 28.2 Å². The van der Waals surface area contributed by atoms with Gasteiger partial charge in [-0.2, -0.15) is 4.98 Å². The molecule has 20 heavy (non-hydrogen) atoms. The van der Waals surface area contributed by atoms with Crippen molar-refractivity contribution in [1.29, 1.82) is 0 Å². The number of nitrogens with zero attached hydrogens (tertiary/aromatic N) is 4. The highest BCUT2D eigenvalue weighted by Gasteiger charge is 2.25. The fraction of sp³-hybridized carbons (Fsp3) is 0.500. The van der Waals surface area contributed by atoms with E-state index in [4.69, 9.17) is 4.52 Å². The van der Waals surface area contributed by atoms with Gasteiger partial charge in [-0.1, -0.05) is 5.16 Å². The normalized spacial score (nSPS) is 16.6. The topological polar surface area (TPSA) is 55.1 Å². The molecule has 3 heterocycles. The van der Waals surface area contributed by atoms with Gasteiger partial charge in [0.15, 0.2) is 5.82 Å². The van der Waals surface area contributed by atoms with Gasteiger partial charge in [0.25, 0.3) is 0 Å². The van der Waals surface area contributed by atoms with Crippen LogP contribution in [0.25, 0.3) is 0 Å². The molecule has 2 aromatic rings. The molecule has 0 radical (unpaired) electrons. The second kappa shape index (κ2) is 5.52. The Kier molecular flexibility index (Phi) is 3.74. The van der Waals surface area contributed by atoms with Gasteiger partial charge in [0.05, 0.1) is 0 Å². The van der Waals surface area contributed by atoms with Crippen molar-refractivity contribution in [1.82, 2.24) is 15.1 Å². The van der Waals surface area contributed by atoms with E-state index in [1.807, 2.05) is 13.1 Å². The van der Waals surface area contributed by atoms with E-state index in [1.165, 1.54) is 5.56 Å². The van der Waals surface area contributed by atoms with Crippen molar-refractivity contribution in [2.24, 2.45) is 0 Å². The maximum absolute atomic E-state index is 5.07. The lowest BCUT2D eigenvalue weighted by Gasteiger charge is -2.32. The second-order valence-corrected chi connectivity index (χ2v) is 6.14. The molecule has 1 aliphatic rings. The molecule has 1 saturated heterocycles. The molecular weight excluding hydrogens is 320 g/mol. The van der Waals surface area contributed by atoms with Crippen LogP contribution >= 0.6 is 15.9 Å². The lowest BCUT2D eigenvalue weighted by Crippen LogP contribution is -2.34. The first kappa shape index (κ1) is 13.5. The fourth-order valence-electron chi connectivity index (χ4n) is 2.69. The molecule has 0 aromatic carbocycles. The molecule has 3 rings (SSSR count). The van der Waals surface area contributed by atoms with Gasteiger partial charge in [0.2, 0.25) is 5.89 Å². The predicted octanol–water partition coefficient (Wildman–Crippen LogP) is 3.23. The highest BCUT2D eigenvalue weighted by molar-refractivity contribution is 9.10. The van der Waals surface area contributed by atoms with E-state index in [9.17, 15) is 0 Å². The van der Waals surface area contributed by atoms with E-state index in [1.54, 1.807) is 0 Å². The summed E-state index contributed by atoms with van der Waals surface area (Å²) in [6.45, 7) is 5.89. The molecule has 0 saturated carbocycles. The van der Waals surface area contributed by atoms with E-state index in [0.29, 0.717) is 11.8 Å². The third-order valence-electron chi connectivity index (χ3n) is 3.72. The van der Waals surface area contributed by atoms with Crippen molar-refractivity contribution in [3.8, 4) is 0 Å². The highest BCUT2D eigenvalue weighted by atomic mass is 79.9. The SMILES string of the molecule is Cc1nc(C2CCN(c3ncc(Br)cc3C)CC2)no1. The molecule has 0 atom stereocenters. The third kappa shape index (κ3) is 2.70.